The van der Waals surface area contributed by atoms with E-state index < -0.39 is 0 Å². The fourth-order valence-corrected chi connectivity index (χ4v) is 2.95. The van der Waals surface area contributed by atoms with Crippen LogP contribution in [0.15, 0.2) is 17.8 Å². The predicted octanol–water partition coefficient (Wildman–Crippen LogP) is 2.01. The highest BCUT2D eigenvalue weighted by Gasteiger charge is 2.22. The van der Waals surface area contributed by atoms with Crippen molar-refractivity contribution in [1.82, 2.24) is 4.98 Å². The summed E-state index contributed by atoms with van der Waals surface area (Å²) in [7, 11) is 0. The van der Waals surface area contributed by atoms with Crippen LogP contribution in [-0.4, -0.2) is 4.98 Å². The largest absolute Gasteiger partial charge is 0.387 e. The van der Waals surface area contributed by atoms with Gasteiger partial charge in [-0.25, -0.2) is 0 Å². The molecule has 3 heteroatoms. The van der Waals surface area contributed by atoms with Crippen LogP contribution >= 0.6 is 11.3 Å². The maximum absolute atomic E-state index is 4.47. The van der Waals surface area contributed by atoms with Gasteiger partial charge in [-0.15, -0.1) is 0 Å². The van der Waals surface area contributed by atoms with Crippen molar-refractivity contribution in [3.63, 3.8) is 0 Å². The van der Waals surface area contributed by atoms with E-state index in [1.807, 2.05) is 0 Å². The van der Waals surface area contributed by atoms with E-state index in [1.54, 1.807) is 11.3 Å². The summed E-state index contributed by atoms with van der Waals surface area (Å²) in [6.07, 6.45) is 7.92. The van der Waals surface area contributed by atoms with Gasteiger partial charge in [0.15, 0.2) is 0 Å². The standard InChI is InChI=1S/C11H13N2S/c1-8-2-3-10-9(6-8)7-12-11-13(10)4-5-14-11/h4-5,7-8H,2-3,6H2,1H3/q+1. The number of nitrogens with zero attached hydrogens (tertiary/aromatic N) is 2. The minimum atomic E-state index is 0.820. The molecule has 0 bridgehead atoms. The van der Waals surface area contributed by atoms with Crippen LogP contribution in [0.25, 0.3) is 4.96 Å². The molecule has 1 unspecified atom stereocenters. The number of thiazole rings is 1. The predicted molar refractivity (Wildman–Crippen MR) is 56.5 cm³/mol. The van der Waals surface area contributed by atoms with Gasteiger partial charge >= 0.3 is 4.96 Å². The van der Waals surface area contributed by atoms with E-state index in [1.165, 1.54) is 30.5 Å². The van der Waals surface area contributed by atoms with Gasteiger partial charge in [-0.2, -0.15) is 4.40 Å². The van der Waals surface area contributed by atoms with E-state index in [0.29, 0.717) is 0 Å². The Morgan fingerprint density at radius 3 is 3.43 bits per heavy atom. The van der Waals surface area contributed by atoms with Gasteiger partial charge in [-0.05, 0) is 23.7 Å². The second-order valence-corrected chi connectivity index (χ2v) is 5.01. The average Bonchev–Trinajstić information content (AvgIpc) is 2.65. The lowest BCUT2D eigenvalue weighted by Gasteiger charge is -2.17. The topological polar surface area (TPSA) is 17.0 Å². The van der Waals surface area contributed by atoms with Gasteiger partial charge in [0.1, 0.15) is 18.1 Å². The molecule has 2 heterocycles. The van der Waals surface area contributed by atoms with Crippen molar-refractivity contribution >= 4 is 16.3 Å². The molecule has 0 saturated carbocycles. The van der Waals surface area contributed by atoms with Gasteiger partial charge in [-0.1, -0.05) is 18.3 Å². The first kappa shape index (κ1) is 8.36. The molecule has 1 aliphatic carbocycles. The highest BCUT2D eigenvalue weighted by atomic mass is 32.1. The molecular formula is C11H13N2S+. The molecule has 0 fully saturated rings. The minimum Gasteiger partial charge on any atom is -0.190 e. The van der Waals surface area contributed by atoms with Crippen molar-refractivity contribution in [2.75, 3.05) is 0 Å². The van der Waals surface area contributed by atoms with Crippen molar-refractivity contribution in [3.05, 3.63) is 29.0 Å². The highest BCUT2D eigenvalue weighted by molar-refractivity contribution is 7.14. The number of fused-ring (bicyclic) bond motifs is 3. The Hall–Kier alpha value is -0.960. The van der Waals surface area contributed by atoms with E-state index in [0.717, 1.165) is 10.9 Å². The van der Waals surface area contributed by atoms with Crippen molar-refractivity contribution < 1.29 is 4.40 Å². The first-order chi connectivity index (χ1) is 6.84. The Kier molecular flexibility index (Phi) is 1.80. The molecule has 72 valence electrons. The maximum Gasteiger partial charge on any atom is 0.387 e. The van der Waals surface area contributed by atoms with Crippen LogP contribution in [0.3, 0.4) is 0 Å². The third kappa shape index (κ3) is 1.16. The molecular weight excluding hydrogens is 192 g/mol. The number of aryl methyl sites for hydroxylation is 1. The molecule has 2 aromatic heterocycles. The van der Waals surface area contributed by atoms with Crippen molar-refractivity contribution in [2.45, 2.75) is 26.2 Å². The molecule has 0 spiro atoms. The van der Waals surface area contributed by atoms with Gasteiger partial charge in [0.2, 0.25) is 0 Å². The smallest absolute Gasteiger partial charge is 0.190 e. The molecule has 0 N–H and O–H groups in total. The first-order valence-electron chi connectivity index (χ1n) is 5.10. The van der Waals surface area contributed by atoms with E-state index in [-0.39, 0.29) is 0 Å². The normalized spacial score (nSPS) is 21.1. The Balaban J connectivity index is 2.24. The van der Waals surface area contributed by atoms with Gasteiger partial charge in [0.25, 0.3) is 0 Å². The monoisotopic (exact) mass is 205 g/mol. The summed E-state index contributed by atoms with van der Waals surface area (Å²) in [4.78, 5) is 5.59. The van der Waals surface area contributed by atoms with Crippen LogP contribution in [0.2, 0.25) is 0 Å². The highest BCUT2D eigenvalue weighted by Crippen LogP contribution is 2.22. The molecule has 0 aromatic carbocycles. The van der Waals surface area contributed by atoms with Crippen LogP contribution in [0.5, 0.6) is 0 Å². The molecule has 1 aliphatic rings. The summed E-state index contributed by atoms with van der Waals surface area (Å²) in [6.45, 7) is 2.32. The zero-order valence-corrected chi connectivity index (χ0v) is 9.05. The van der Waals surface area contributed by atoms with Gasteiger partial charge in [0, 0.05) is 17.4 Å². The molecule has 0 radical (unpaired) electrons. The van der Waals surface area contributed by atoms with Gasteiger partial charge in [-0.3, -0.25) is 0 Å². The lowest BCUT2D eigenvalue weighted by Crippen LogP contribution is -2.31. The zero-order chi connectivity index (χ0) is 9.54. The Labute approximate surface area is 87.2 Å². The second kappa shape index (κ2) is 3.02. The number of rotatable bonds is 0. The van der Waals surface area contributed by atoms with E-state index in [4.69, 9.17) is 0 Å². The minimum absolute atomic E-state index is 0.820. The fourth-order valence-electron chi connectivity index (χ4n) is 2.25. The lowest BCUT2D eigenvalue weighted by atomic mass is 9.89. The van der Waals surface area contributed by atoms with Gasteiger partial charge in [0.05, 0.1) is 0 Å². The maximum atomic E-state index is 4.47. The van der Waals surface area contributed by atoms with Crippen LogP contribution in [-0.2, 0) is 12.8 Å². The Morgan fingerprint density at radius 2 is 2.50 bits per heavy atom. The number of hydrogen-bond donors (Lipinski definition) is 0. The van der Waals surface area contributed by atoms with Crippen molar-refractivity contribution in [1.29, 1.82) is 0 Å². The Bertz CT molecular complexity index is 475. The summed E-state index contributed by atoms with van der Waals surface area (Å²) in [5.41, 5.74) is 2.93. The summed E-state index contributed by atoms with van der Waals surface area (Å²) < 4.78 is 2.26. The molecule has 0 saturated heterocycles. The Morgan fingerprint density at radius 1 is 1.57 bits per heavy atom. The number of hydrogen-bond acceptors (Lipinski definition) is 2. The summed E-state index contributed by atoms with van der Waals surface area (Å²) in [6, 6.07) is 0. The van der Waals surface area contributed by atoms with E-state index in [9.17, 15) is 0 Å². The van der Waals surface area contributed by atoms with E-state index >= 15 is 0 Å². The van der Waals surface area contributed by atoms with Crippen LogP contribution in [0.1, 0.15) is 24.6 Å². The second-order valence-electron chi connectivity index (χ2n) is 4.13. The first-order valence-corrected chi connectivity index (χ1v) is 5.98. The molecule has 14 heavy (non-hydrogen) atoms. The molecule has 1 atom stereocenters. The van der Waals surface area contributed by atoms with Gasteiger partial charge < -0.3 is 0 Å². The van der Waals surface area contributed by atoms with E-state index in [2.05, 4.69) is 34.1 Å². The SMILES string of the molecule is CC1CCc2c(cnc3scc[n+]23)C1. The average molecular weight is 205 g/mol. The fraction of sp³-hybridized carbons (Fsp3) is 0.455. The van der Waals surface area contributed by atoms with Crippen LogP contribution < -0.4 is 4.40 Å². The third-order valence-electron chi connectivity index (χ3n) is 3.02. The van der Waals surface area contributed by atoms with Crippen molar-refractivity contribution in [3.8, 4) is 0 Å². The van der Waals surface area contributed by atoms with Crippen LogP contribution in [0, 0.1) is 5.92 Å². The summed E-state index contributed by atoms with van der Waals surface area (Å²) >= 11 is 1.71. The molecule has 3 rings (SSSR count). The lowest BCUT2D eigenvalue weighted by molar-refractivity contribution is -0.521. The summed E-state index contributed by atoms with van der Waals surface area (Å²) in [5.74, 6) is 0.820. The third-order valence-corrected chi connectivity index (χ3v) is 3.79. The van der Waals surface area contributed by atoms with Crippen molar-refractivity contribution in [2.24, 2.45) is 5.92 Å². The summed E-state index contributed by atoms with van der Waals surface area (Å²) in [5, 5.41) is 2.11. The zero-order valence-electron chi connectivity index (χ0n) is 8.23. The van der Waals surface area contributed by atoms with Crippen LogP contribution in [0.4, 0.5) is 0 Å². The molecule has 2 aromatic rings. The molecule has 0 amide bonds. The quantitative estimate of drug-likeness (QED) is 0.601. The number of aromatic nitrogens is 2. The molecule has 0 aliphatic heterocycles. The molecule has 2 nitrogen and oxygen atoms in total.